The SMILES string of the molecule is CC(C)(c1nc([C@H]2CCOC2)no1)N1CCOCC1. The van der Waals surface area contributed by atoms with Gasteiger partial charge in [0.05, 0.1) is 25.4 Å². The highest BCUT2D eigenvalue weighted by atomic mass is 16.5. The summed E-state index contributed by atoms with van der Waals surface area (Å²) >= 11 is 0. The molecule has 3 heterocycles. The van der Waals surface area contributed by atoms with Crippen molar-refractivity contribution in [2.75, 3.05) is 39.5 Å². The largest absolute Gasteiger partial charge is 0.381 e. The summed E-state index contributed by atoms with van der Waals surface area (Å²) in [5.74, 6) is 1.77. The fourth-order valence-corrected chi connectivity index (χ4v) is 2.64. The lowest BCUT2D eigenvalue weighted by Crippen LogP contribution is -2.48. The number of aromatic nitrogens is 2. The van der Waals surface area contributed by atoms with Crippen molar-refractivity contribution >= 4 is 0 Å². The van der Waals surface area contributed by atoms with Crippen molar-refractivity contribution in [3.63, 3.8) is 0 Å². The van der Waals surface area contributed by atoms with Gasteiger partial charge >= 0.3 is 0 Å². The molecule has 0 aliphatic carbocycles. The molecule has 2 aliphatic heterocycles. The van der Waals surface area contributed by atoms with Crippen LogP contribution in [0, 0.1) is 0 Å². The molecule has 6 heteroatoms. The molecule has 1 aromatic rings. The van der Waals surface area contributed by atoms with Gasteiger partial charge in [0.15, 0.2) is 5.82 Å². The molecule has 0 N–H and O–H groups in total. The first-order valence-corrected chi connectivity index (χ1v) is 6.92. The highest BCUT2D eigenvalue weighted by molar-refractivity contribution is 5.04. The molecule has 6 nitrogen and oxygen atoms in total. The lowest BCUT2D eigenvalue weighted by atomic mass is 10.0. The lowest BCUT2D eigenvalue weighted by molar-refractivity contribution is -0.0224. The van der Waals surface area contributed by atoms with Gasteiger partial charge in [-0.05, 0) is 20.3 Å². The molecule has 0 unspecified atom stereocenters. The summed E-state index contributed by atoms with van der Waals surface area (Å²) in [4.78, 5) is 6.93. The van der Waals surface area contributed by atoms with E-state index in [1.165, 1.54) is 0 Å². The van der Waals surface area contributed by atoms with Crippen LogP contribution in [0.5, 0.6) is 0 Å². The van der Waals surface area contributed by atoms with Gasteiger partial charge < -0.3 is 14.0 Å². The third-order valence-electron chi connectivity index (χ3n) is 4.06. The zero-order valence-corrected chi connectivity index (χ0v) is 11.6. The summed E-state index contributed by atoms with van der Waals surface area (Å²) in [7, 11) is 0. The van der Waals surface area contributed by atoms with Gasteiger partial charge in [0.1, 0.15) is 0 Å². The third kappa shape index (κ3) is 2.52. The molecule has 0 amide bonds. The lowest BCUT2D eigenvalue weighted by Gasteiger charge is -2.37. The van der Waals surface area contributed by atoms with Crippen LogP contribution in [-0.2, 0) is 15.0 Å². The van der Waals surface area contributed by atoms with E-state index < -0.39 is 0 Å². The Bertz CT molecular complexity index is 421. The molecule has 0 bridgehead atoms. The van der Waals surface area contributed by atoms with Crippen molar-refractivity contribution in [2.24, 2.45) is 0 Å². The monoisotopic (exact) mass is 267 g/mol. The van der Waals surface area contributed by atoms with Crippen LogP contribution < -0.4 is 0 Å². The fourth-order valence-electron chi connectivity index (χ4n) is 2.64. The second-order valence-corrected chi connectivity index (χ2v) is 5.68. The molecule has 0 saturated carbocycles. The van der Waals surface area contributed by atoms with Crippen LogP contribution in [-0.4, -0.2) is 54.6 Å². The Morgan fingerprint density at radius 3 is 2.63 bits per heavy atom. The van der Waals surface area contributed by atoms with E-state index >= 15 is 0 Å². The zero-order valence-electron chi connectivity index (χ0n) is 11.6. The van der Waals surface area contributed by atoms with E-state index in [1.54, 1.807) is 0 Å². The van der Waals surface area contributed by atoms with Gasteiger partial charge in [0.25, 0.3) is 0 Å². The van der Waals surface area contributed by atoms with E-state index in [0.717, 1.165) is 45.2 Å². The van der Waals surface area contributed by atoms with Crippen molar-refractivity contribution in [2.45, 2.75) is 31.7 Å². The minimum atomic E-state index is -0.242. The Labute approximate surface area is 113 Å². The Hall–Kier alpha value is -0.980. The van der Waals surface area contributed by atoms with Gasteiger partial charge in [-0.3, -0.25) is 4.90 Å². The van der Waals surface area contributed by atoms with Crippen LogP contribution >= 0.6 is 0 Å². The van der Waals surface area contributed by atoms with Crippen molar-refractivity contribution in [1.29, 1.82) is 0 Å². The number of nitrogens with zero attached hydrogens (tertiary/aromatic N) is 3. The zero-order chi connectivity index (χ0) is 13.3. The van der Waals surface area contributed by atoms with Gasteiger partial charge in [0, 0.05) is 25.6 Å². The summed E-state index contributed by atoms with van der Waals surface area (Å²) in [5, 5.41) is 4.14. The van der Waals surface area contributed by atoms with Gasteiger partial charge in [-0.25, -0.2) is 0 Å². The smallest absolute Gasteiger partial charge is 0.246 e. The summed E-state index contributed by atoms with van der Waals surface area (Å²) < 4.78 is 16.3. The van der Waals surface area contributed by atoms with Gasteiger partial charge in [0.2, 0.25) is 5.89 Å². The normalized spacial score (nSPS) is 25.9. The van der Waals surface area contributed by atoms with E-state index in [9.17, 15) is 0 Å². The summed E-state index contributed by atoms with van der Waals surface area (Å²) in [5.41, 5.74) is -0.242. The Balaban J connectivity index is 1.76. The average Bonchev–Trinajstić information content (AvgIpc) is 3.10. The molecule has 19 heavy (non-hydrogen) atoms. The molecular weight excluding hydrogens is 246 g/mol. The molecule has 1 aromatic heterocycles. The molecule has 2 saturated heterocycles. The highest BCUT2D eigenvalue weighted by Crippen LogP contribution is 2.29. The predicted octanol–water partition coefficient (Wildman–Crippen LogP) is 1.14. The maximum Gasteiger partial charge on any atom is 0.246 e. The Morgan fingerprint density at radius 2 is 1.95 bits per heavy atom. The summed E-state index contributed by atoms with van der Waals surface area (Å²) in [6.07, 6.45) is 0.983. The molecular formula is C13H21N3O3. The maximum absolute atomic E-state index is 5.50. The maximum atomic E-state index is 5.50. The van der Waals surface area contributed by atoms with E-state index in [2.05, 4.69) is 28.9 Å². The molecule has 0 radical (unpaired) electrons. The van der Waals surface area contributed by atoms with E-state index in [-0.39, 0.29) is 11.5 Å². The van der Waals surface area contributed by atoms with Gasteiger partial charge in [-0.15, -0.1) is 0 Å². The molecule has 2 aliphatic rings. The minimum absolute atomic E-state index is 0.242. The first kappa shape index (κ1) is 13.0. The number of morpholine rings is 1. The Morgan fingerprint density at radius 1 is 1.16 bits per heavy atom. The number of hydrogen-bond acceptors (Lipinski definition) is 6. The quantitative estimate of drug-likeness (QED) is 0.818. The van der Waals surface area contributed by atoms with Crippen LogP contribution in [0.1, 0.15) is 37.9 Å². The van der Waals surface area contributed by atoms with E-state index in [4.69, 9.17) is 14.0 Å². The number of rotatable bonds is 3. The van der Waals surface area contributed by atoms with E-state index in [1.807, 2.05) is 0 Å². The second-order valence-electron chi connectivity index (χ2n) is 5.68. The van der Waals surface area contributed by atoms with Crippen LogP contribution in [0.15, 0.2) is 4.52 Å². The predicted molar refractivity (Wildman–Crippen MR) is 67.9 cm³/mol. The number of hydrogen-bond donors (Lipinski definition) is 0. The standard InChI is InChI=1S/C13H21N3O3/c1-13(2,16-4-7-17-8-5-16)12-14-11(15-19-12)10-3-6-18-9-10/h10H,3-9H2,1-2H3/t10-/m0/s1. The third-order valence-corrected chi connectivity index (χ3v) is 4.06. The first-order chi connectivity index (χ1) is 9.18. The molecule has 1 atom stereocenters. The Kier molecular flexibility index (Phi) is 3.56. The van der Waals surface area contributed by atoms with Crippen LogP contribution in [0.2, 0.25) is 0 Å². The molecule has 0 spiro atoms. The van der Waals surface area contributed by atoms with Gasteiger partial charge in [-0.2, -0.15) is 4.98 Å². The van der Waals surface area contributed by atoms with Crippen molar-refractivity contribution < 1.29 is 14.0 Å². The topological polar surface area (TPSA) is 60.6 Å². The molecule has 106 valence electrons. The van der Waals surface area contributed by atoms with Crippen molar-refractivity contribution in [3.8, 4) is 0 Å². The van der Waals surface area contributed by atoms with Crippen molar-refractivity contribution in [1.82, 2.24) is 15.0 Å². The van der Waals surface area contributed by atoms with Crippen molar-refractivity contribution in [3.05, 3.63) is 11.7 Å². The average molecular weight is 267 g/mol. The first-order valence-electron chi connectivity index (χ1n) is 6.92. The molecule has 2 fully saturated rings. The van der Waals surface area contributed by atoms with Crippen LogP contribution in [0.25, 0.3) is 0 Å². The second kappa shape index (κ2) is 5.19. The highest BCUT2D eigenvalue weighted by Gasteiger charge is 2.36. The fraction of sp³-hybridized carbons (Fsp3) is 0.846. The minimum Gasteiger partial charge on any atom is -0.381 e. The van der Waals surface area contributed by atoms with Crippen LogP contribution in [0.4, 0.5) is 0 Å². The molecule has 0 aromatic carbocycles. The van der Waals surface area contributed by atoms with E-state index in [0.29, 0.717) is 12.5 Å². The summed E-state index contributed by atoms with van der Waals surface area (Å²) in [6.45, 7) is 9.08. The summed E-state index contributed by atoms with van der Waals surface area (Å²) in [6, 6.07) is 0. The van der Waals surface area contributed by atoms with Gasteiger partial charge in [-0.1, -0.05) is 5.16 Å². The van der Waals surface area contributed by atoms with Crippen LogP contribution in [0.3, 0.4) is 0 Å². The molecule has 3 rings (SSSR count). The number of ether oxygens (including phenoxy) is 2.